The number of nitrogens with one attached hydrogen (secondary N) is 1. The van der Waals surface area contributed by atoms with Crippen molar-refractivity contribution in [2.24, 2.45) is 11.8 Å². The second-order valence-corrected chi connectivity index (χ2v) is 7.13. The molecule has 3 unspecified atom stereocenters. The van der Waals surface area contributed by atoms with Crippen molar-refractivity contribution >= 4 is 6.09 Å². The SMILES string of the molecule is CC1CCC(n2cncc2CNC(=O)OC(C)(C)C)C1C. The summed E-state index contributed by atoms with van der Waals surface area (Å²) in [6, 6.07) is 0.484. The summed E-state index contributed by atoms with van der Waals surface area (Å²) < 4.78 is 7.47. The van der Waals surface area contributed by atoms with Gasteiger partial charge in [0.25, 0.3) is 0 Å². The monoisotopic (exact) mass is 293 g/mol. The van der Waals surface area contributed by atoms with Crippen LogP contribution in [0.1, 0.15) is 59.2 Å². The Kier molecular flexibility index (Phi) is 4.59. The van der Waals surface area contributed by atoms with Crippen LogP contribution in [0.15, 0.2) is 12.5 Å². The third kappa shape index (κ3) is 3.99. The Bertz CT molecular complexity index is 490. The average molecular weight is 293 g/mol. The number of hydrogen-bond donors (Lipinski definition) is 1. The molecule has 21 heavy (non-hydrogen) atoms. The summed E-state index contributed by atoms with van der Waals surface area (Å²) in [7, 11) is 0. The molecule has 1 heterocycles. The zero-order chi connectivity index (χ0) is 15.6. The van der Waals surface area contributed by atoms with Gasteiger partial charge in [0.15, 0.2) is 0 Å². The standard InChI is InChI=1S/C16H27N3O2/c1-11-6-7-14(12(11)2)19-10-17-8-13(19)9-18-15(20)21-16(3,4)5/h8,10-12,14H,6-7,9H2,1-5H3,(H,18,20). The molecular formula is C16H27N3O2. The predicted molar refractivity (Wildman–Crippen MR) is 81.9 cm³/mol. The van der Waals surface area contributed by atoms with Crippen LogP contribution >= 0.6 is 0 Å². The molecule has 1 aromatic rings. The van der Waals surface area contributed by atoms with Gasteiger partial charge in [-0.05, 0) is 45.4 Å². The molecule has 1 aliphatic rings. The van der Waals surface area contributed by atoms with Crippen molar-refractivity contribution in [1.29, 1.82) is 0 Å². The fraction of sp³-hybridized carbons (Fsp3) is 0.750. The molecule has 5 nitrogen and oxygen atoms in total. The van der Waals surface area contributed by atoms with Crippen LogP contribution in [0.25, 0.3) is 0 Å². The zero-order valence-corrected chi connectivity index (χ0v) is 13.7. The summed E-state index contributed by atoms with van der Waals surface area (Å²) in [4.78, 5) is 16.0. The van der Waals surface area contributed by atoms with Crippen molar-refractivity contribution in [2.45, 2.75) is 65.6 Å². The molecule has 1 fully saturated rings. The molecule has 1 aliphatic carbocycles. The Morgan fingerprint density at radius 3 is 2.71 bits per heavy atom. The second kappa shape index (κ2) is 6.08. The van der Waals surface area contributed by atoms with Crippen molar-refractivity contribution in [3.05, 3.63) is 18.2 Å². The summed E-state index contributed by atoms with van der Waals surface area (Å²) in [6.07, 6.45) is 5.75. The van der Waals surface area contributed by atoms with E-state index in [0.29, 0.717) is 18.5 Å². The first-order valence-electron chi connectivity index (χ1n) is 7.75. The van der Waals surface area contributed by atoms with Gasteiger partial charge in [0.05, 0.1) is 18.6 Å². The van der Waals surface area contributed by atoms with Gasteiger partial charge in [0.1, 0.15) is 5.60 Å². The lowest BCUT2D eigenvalue weighted by molar-refractivity contribution is 0.0522. The molecule has 1 amide bonds. The third-order valence-electron chi connectivity index (χ3n) is 4.34. The molecule has 2 rings (SSSR count). The van der Waals surface area contributed by atoms with Crippen molar-refractivity contribution in [3.63, 3.8) is 0 Å². The minimum Gasteiger partial charge on any atom is -0.444 e. The molecule has 0 bridgehead atoms. The highest BCUT2D eigenvalue weighted by Gasteiger charge is 2.31. The Labute approximate surface area is 127 Å². The first kappa shape index (κ1) is 15.9. The summed E-state index contributed by atoms with van der Waals surface area (Å²) >= 11 is 0. The van der Waals surface area contributed by atoms with Gasteiger partial charge in [-0.15, -0.1) is 0 Å². The predicted octanol–water partition coefficient (Wildman–Crippen LogP) is 3.51. The topological polar surface area (TPSA) is 56.2 Å². The Hall–Kier alpha value is -1.52. The van der Waals surface area contributed by atoms with Crippen LogP contribution in [0.2, 0.25) is 0 Å². The minimum absolute atomic E-state index is 0.386. The van der Waals surface area contributed by atoms with Crippen LogP contribution in [0.5, 0.6) is 0 Å². The first-order chi connectivity index (χ1) is 9.78. The number of nitrogens with zero attached hydrogens (tertiary/aromatic N) is 2. The van der Waals surface area contributed by atoms with E-state index < -0.39 is 5.60 Å². The lowest BCUT2D eigenvalue weighted by atomic mass is 9.97. The molecule has 118 valence electrons. The van der Waals surface area contributed by atoms with Crippen LogP contribution < -0.4 is 5.32 Å². The first-order valence-corrected chi connectivity index (χ1v) is 7.75. The molecule has 0 radical (unpaired) electrons. The number of amides is 1. The Balaban J connectivity index is 1.97. The number of alkyl carbamates (subject to hydrolysis) is 1. The van der Waals surface area contributed by atoms with E-state index in [0.717, 1.165) is 11.6 Å². The third-order valence-corrected chi connectivity index (χ3v) is 4.34. The van der Waals surface area contributed by atoms with E-state index in [4.69, 9.17) is 4.74 Å². The van der Waals surface area contributed by atoms with E-state index in [1.807, 2.05) is 33.3 Å². The van der Waals surface area contributed by atoms with Crippen LogP contribution in [0.3, 0.4) is 0 Å². The molecule has 5 heteroatoms. The van der Waals surface area contributed by atoms with E-state index >= 15 is 0 Å². The lowest BCUT2D eigenvalue weighted by Gasteiger charge is -2.23. The average Bonchev–Trinajstić information content (AvgIpc) is 2.93. The molecular weight excluding hydrogens is 266 g/mol. The lowest BCUT2D eigenvalue weighted by Crippen LogP contribution is -2.32. The van der Waals surface area contributed by atoms with Crippen molar-refractivity contribution < 1.29 is 9.53 Å². The Morgan fingerprint density at radius 1 is 1.43 bits per heavy atom. The molecule has 0 aliphatic heterocycles. The minimum atomic E-state index is -0.472. The molecule has 3 atom stereocenters. The van der Waals surface area contributed by atoms with E-state index in [-0.39, 0.29) is 6.09 Å². The highest BCUT2D eigenvalue weighted by Crippen LogP contribution is 2.40. The maximum atomic E-state index is 11.7. The molecule has 1 N–H and O–H groups in total. The highest BCUT2D eigenvalue weighted by atomic mass is 16.6. The molecule has 1 saturated carbocycles. The van der Waals surface area contributed by atoms with Gasteiger partial charge in [-0.25, -0.2) is 9.78 Å². The molecule has 0 spiro atoms. The summed E-state index contributed by atoms with van der Waals surface area (Å²) in [5.41, 5.74) is 0.562. The number of aromatic nitrogens is 2. The fourth-order valence-corrected chi connectivity index (χ4v) is 2.98. The number of ether oxygens (including phenoxy) is 1. The van der Waals surface area contributed by atoms with Crippen LogP contribution in [-0.2, 0) is 11.3 Å². The number of imidazole rings is 1. The van der Waals surface area contributed by atoms with E-state index in [1.165, 1.54) is 12.8 Å². The van der Waals surface area contributed by atoms with Crippen molar-refractivity contribution in [3.8, 4) is 0 Å². The fourth-order valence-electron chi connectivity index (χ4n) is 2.98. The van der Waals surface area contributed by atoms with Crippen LogP contribution in [0, 0.1) is 11.8 Å². The van der Waals surface area contributed by atoms with Gasteiger partial charge in [0.2, 0.25) is 0 Å². The van der Waals surface area contributed by atoms with E-state index in [1.54, 1.807) is 0 Å². The number of carbonyl (C=O) groups excluding carboxylic acids is 1. The van der Waals surface area contributed by atoms with Gasteiger partial charge < -0.3 is 14.6 Å². The summed E-state index contributed by atoms with van der Waals surface area (Å²) in [5.74, 6) is 1.38. The van der Waals surface area contributed by atoms with E-state index in [2.05, 4.69) is 28.7 Å². The smallest absolute Gasteiger partial charge is 0.407 e. The second-order valence-electron chi connectivity index (χ2n) is 7.13. The number of carbonyl (C=O) groups is 1. The van der Waals surface area contributed by atoms with Crippen LogP contribution in [0.4, 0.5) is 4.79 Å². The summed E-state index contributed by atoms with van der Waals surface area (Å²) in [5, 5.41) is 2.81. The quantitative estimate of drug-likeness (QED) is 0.927. The summed E-state index contributed by atoms with van der Waals surface area (Å²) in [6.45, 7) is 10.6. The highest BCUT2D eigenvalue weighted by molar-refractivity contribution is 5.67. The molecule has 0 aromatic carbocycles. The van der Waals surface area contributed by atoms with Gasteiger partial charge in [-0.3, -0.25) is 0 Å². The van der Waals surface area contributed by atoms with Gasteiger partial charge in [0, 0.05) is 12.2 Å². The van der Waals surface area contributed by atoms with Crippen molar-refractivity contribution in [2.75, 3.05) is 0 Å². The van der Waals surface area contributed by atoms with Gasteiger partial charge >= 0.3 is 6.09 Å². The zero-order valence-electron chi connectivity index (χ0n) is 13.7. The maximum Gasteiger partial charge on any atom is 0.407 e. The van der Waals surface area contributed by atoms with E-state index in [9.17, 15) is 4.79 Å². The number of hydrogen-bond acceptors (Lipinski definition) is 3. The Morgan fingerprint density at radius 2 is 2.14 bits per heavy atom. The number of rotatable bonds is 3. The molecule has 0 saturated heterocycles. The van der Waals surface area contributed by atoms with Crippen LogP contribution in [-0.4, -0.2) is 21.2 Å². The molecule has 1 aromatic heterocycles. The maximum absolute atomic E-state index is 11.7. The van der Waals surface area contributed by atoms with Crippen molar-refractivity contribution in [1.82, 2.24) is 14.9 Å². The van der Waals surface area contributed by atoms with Gasteiger partial charge in [-0.1, -0.05) is 13.8 Å². The van der Waals surface area contributed by atoms with Gasteiger partial charge in [-0.2, -0.15) is 0 Å². The normalized spacial score (nSPS) is 25.9. The largest absolute Gasteiger partial charge is 0.444 e.